The molecule has 2 aromatic heterocycles. The smallest absolute Gasteiger partial charge is 0.187 e. The number of morpholine rings is 1. The number of thiophene rings is 1. The van der Waals surface area contributed by atoms with Crippen LogP contribution in [0.3, 0.4) is 0 Å². The number of nitrogens with zero attached hydrogens (tertiary/aromatic N) is 2. The van der Waals surface area contributed by atoms with Gasteiger partial charge in [0.15, 0.2) is 5.82 Å². The van der Waals surface area contributed by atoms with E-state index in [2.05, 4.69) is 19.2 Å². The van der Waals surface area contributed by atoms with Crippen molar-refractivity contribution in [3.05, 3.63) is 16.3 Å². The van der Waals surface area contributed by atoms with E-state index < -0.39 is 0 Å². The molecule has 1 saturated heterocycles. The molecule has 0 unspecified atom stereocenters. The lowest BCUT2D eigenvalue weighted by Gasteiger charge is -2.23. The van der Waals surface area contributed by atoms with Gasteiger partial charge >= 0.3 is 0 Å². The first kappa shape index (κ1) is 16.2. The third kappa shape index (κ3) is 3.15. The quantitative estimate of drug-likeness (QED) is 0.883. The number of anilines is 1. The maximum absolute atomic E-state index is 5.46. The van der Waals surface area contributed by atoms with Crippen molar-refractivity contribution >= 4 is 27.4 Å². The Morgan fingerprint density at radius 1 is 1.29 bits per heavy atom. The van der Waals surface area contributed by atoms with Crippen LogP contribution >= 0.6 is 11.3 Å². The van der Waals surface area contributed by atoms with E-state index in [0.29, 0.717) is 0 Å². The Morgan fingerprint density at radius 3 is 2.92 bits per heavy atom. The predicted octanol–water partition coefficient (Wildman–Crippen LogP) is 1.66. The Balaban J connectivity index is 1.71. The molecule has 0 bridgehead atoms. The molecule has 3 heterocycles. The van der Waals surface area contributed by atoms with Gasteiger partial charge in [-0.25, -0.2) is 9.97 Å². The van der Waals surface area contributed by atoms with E-state index >= 15 is 0 Å². The number of quaternary nitrogens is 1. The summed E-state index contributed by atoms with van der Waals surface area (Å²) in [6.07, 6.45) is 3.66. The highest BCUT2D eigenvalue weighted by atomic mass is 32.1. The van der Waals surface area contributed by atoms with Crippen LogP contribution in [0.15, 0.2) is 0 Å². The van der Waals surface area contributed by atoms with Crippen molar-refractivity contribution in [1.82, 2.24) is 9.97 Å². The molecule has 0 radical (unpaired) electrons. The molecule has 24 heavy (non-hydrogen) atoms. The van der Waals surface area contributed by atoms with Gasteiger partial charge in [-0.1, -0.05) is 6.92 Å². The highest BCUT2D eigenvalue weighted by Crippen LogP contribution is 2.39. The van der Waals surface area contributed by atoms with E-state index in [9.17, 15) is 0 Å². The van der Waals surface area contributed by atoms with Crippen LogP contribution in [-0.2, 0) is 24.1 Å². The van der Waals surface area contributed by atoms with Crippen LogP contribution in [0.25, 0.3) is 10.2 Å². The first-order valence-corrected chi connectivity index (χ1v) is 10.0. The SMILES string of the molecule is CCNc1nc(C[NH+]2CCOCC2)nc2sc3c(c12)CC[C@@H](C)C3. The molecule has 130 valence electrons. The number of aromatic nitrogens is 2. The van der Waals surface area contributed by atoms with Crippen molar-refractivity contribution in [3.63, 3.8) is 0 Å². The van der Waals surface area contributed by atoms with E-state index in [-0.39, 0.29) is 0 Å². The van der Waals surface area contributed by atoms with Crippen molar-refractivity contribution < 1.29 is 9.64 Å². The van der Waals surface area contributed by atoms with Crippen LogP contribution in [0.5, 0.6) is 0 Å². The summed E-state index contributed by atoms with van der Waals surface area (Å²) in [5, 5.41) is 4.79. The summed E-state index contributed by atoms with van der Waals surface area (Å²) in [5.41, 5.74) is 1.51. The monoisotopic (exact) mass is 347 g/mol. The van der Waals surface area contributed by atoms with Gasteiger partial charge in [-0.2, -0.15) is 0 Å². The first-order chi connectivity index (χ1) is 11.7. The lowest BCUT2D eigenvalue weighted by Crippen LogP contribution is -3.12. The lowest BCUT2D eigenvalue weighted by molar-refractivity contribution is -0.922. The third-order valence-corrected chi connectivity index (χ3v) is 6.30. The molecule has 1 fully saturated rings. The summed E-state index contributed by atoms with van der Waals surface area (Å²) in [6, 6.07) is 0. The molecular formula is C18H27N4OS+. The molecule has 0 spiro atoms. The third-order valence-electron chi connectivity index (χ3n) is 5.15. The minimum absolute atomic E-state index is 0.790. The van der Waals surface area contributed by atoms with E-state index in [1.807, 2.05) is 11.3 Å². The molecule has 2 N–H and O–H groups in total. The Bertz CT molecular complexity index is 723. The number of hydrogen-bond donors (Lipinski definition) is 2. The Labute approximate surface area is 147 Å². The van der Waals surface area contributed by atoms with Crippen molar-refractivity contribution in [3.8, 4) is 0 Å². The molecule has 0 amide bonds. The minimum atomic E-state index is 0.790. The summed E-state index contributed by atoms with van der Waals surface area (Å²) < 4.78 is 5.46. The molecule has 2 aliphatic rings. The van der Waals surface area contributed by atoms with Crippen LogP contribution in [-0.4, -0.2) is 42.8 Å². The molecule has 5 nitrogen and oxygen atoms in total. The molecule has 0 aromatic carbocycles. The van der Waals surface area contributed by atoms with Crippen LogP contribution in [0.1, 0.15) is 36.5 Å². The van der Waals surface area contributed by atoms with Gasteiger partial charge in [0, 0.05) is 11.4 Å². The average molecular weight is 348 g/mol. The number of ether oxygens (including phenoxy) is 1. The van der Waals surface area contributed by atoms with Gasteiger partial charge < -0.3 is 15.0 Å². The summed E-state index contributed by atoms with van der Waals surface area (Å²) in [6.45, 7) is 10.1. The van der Waals surface area contributed by atoms with Crippen LogP contribution in [0, 0.1) is 5.92 Å². The van der Waals surface area contributed by atoms with Gasteiger partial charge in [0.1, 0.15) is 30.3 Å². The van der Waals surface area contributed by atoms with Crippen LogP contribution in [0.4, 0.5) is 5.82 Å². The Hall–Kier alpha value is -1.24. The van der Waals surface area contributed by atoms with Crippen LogP contribution in [0.2, 0.25) is 0 Å². The van der Waals surface area contributed by atoms with Crippen molar-refractivity contribution in [1.29, 1.82) is 0 Å². The van der Waals surface area contributed by atoms with Crippen LogP contribution < -0.4 is 10.2 Å². The lowest BCUT2D eigenvalue weighted by atomic mass is 9.89. The van der Waals surface area contributed by atoms with Gasteiger partial charge in [0.2, 0.25) is 0 Å². The second-order valence-electron chi connectivity index (χ2n) is 7.09. The zero-order valence-electron chi connectivity index (χ0n) is 14.7. The highest BCUT2D eigenvalue weighted by molar-refractivity contribution is 7.19. The molecule has 6 heteroatoms. The van der Waals surface area contributed by atoms with E-state index in [4.69, 9.17) is 14.7 Å². The second kappa shape index (κ2) is 6.94. The molecular weight excluding hydrogens is 320 g/mol. The fraction of sp³-hybridized carbons (Fsp3) is 0.667. The number of hydrogen-bond acceptors (Lipinski definition) is 5. The summed E-state index contributed by atoms with van der Waals surface area (Å²) >= 11 is 1.89. The molecule has 1 aliphatic heterocycles. The largest absolute Gasteiger partial charge is 0.370 e. The maximum atomic E-state index is 5.46. The van der Waals surface area contributed by atoms with Crippen molar-refractivity contribution in [2.24, 2.45) is 5.92 Å². The molecule has 2 aromatic rings. The predicted molar refractivity (Wildman–Crippen MR) is 98.0 cm³/mol. The normalized spacial score (nSPS) is 21.8. The molecule has 1 atom stereocenters. The standard InChI is InChI=1S/C18H26N4OS/c1-3-19-17-16-13-5-4-12(2)10-14(13)24-18(16)21-15(20-17)11-22-6-8-23-9-7-22/h12H,3-11H2,1-2H3,(H,19,20,21)/p+1/t12-/m1/s1. The zero-order valence-corrected chi connectivity index (χ0v) is 15.5. The summed E-state index contributed by atoms with van der Waals surface area (Å²) in [5.74, 6) is 2.82. The van der Waals surface area contributed by atoms with E-state index in [1.54, 1.807) is 0 Å². The van der Waals surface area contributed by atoms with Gasteiger partial charge in [0.25, 0.3) is 0 Å². The van der Waals surface area contributed by atoms with E-state index in [1.165, 1.54) is 44.8 Å². The van der Waals surface area contributed by atoms with E-state index in [0.717, 1.165) is 57.0 Å². The average Bonchev–Trinajstić information content (AvgIpc) is 2.93. The fourth-order valence-corrected chi connectivity index (χ4v) is 5.22. The van der Waals surface area contributed by atoms with Crippen molar-refractivity contribution in [2.45, 2.75) is 39.7 Å². The number of nitrogens with one attached hydrogen (secondary N) is 2. The van der Waals surface area contributed by atoms with Crippen molar-refractivity contribution in [2.75, 3.05) is 38.2 Å². The fourth-order valence-electron chi connectivity index (χ4n) is 3.82. The maximum Gasteiger partial charge on any atom is 0.187 e. The highest BCUT2D eigenvalue weighted by Gasteiger charge is 2.25. The van der Waals surface area contributed by atoms with Gasteiger partial charge in [-0.05, 0) is 37.7 Å². The molecule has 0 saturated carbocycles. The first-order valence-electron chi connectivity index (χ1n) is 9.21. The second-order valence-corrected chi connectivity index (χ2v) is 8.17. The number of rotatable bonds is 4. The van der Waals surface area contributed by atoms with Gasteiger partial charge in [-0.3, -0.25) is 0 Å². The number of aryl methyl sites for hydroxylation is 1. The number of fused-ring (bicyclic) bond motifs is 3. The molecule has 4 rings (SSSR count). The minimum Gasteiger partial charge on any atom is -0.370 e. The Morgan fingerprint density at radius 2 is 2.12 bits per heavy atom. The molecule has 1 aliphatic carbocycles. The van der Waals surface area contributed by atoms with Gasteiger partial charge in [0.05, 0.1) is 18.6 Å². The Kier molecular flexibility index (Phi) is 4.70. The summed E-state index contributed by atoms with van der Waals surface area (Å²) in [4.78, 5) is 14.1. The zero-order chi connectivity index (χ0) is 16.5. The topological polar surface area (TPSA) is 51.5 Å². The summed E-state index contributed by atoms with van der Waals surface area (Å²) in [7, 11) is 0. The van der Waals surface area contributed by atoms with Gasteiger partial charge in [-0.15, -0.1) is 11.3 Å².